The quantitative estimate of drug-likeness (QED) is 0.705. The van der Waals surface area contributed by atoms with E-state index in [0.717, 1.165) is 66.5 Å². The molecule has 1 saturated heterocycles. The predicted octanol–water partition coefficient (Wildman–Crippen LogP) is 3.37. The number of hydrogen-bond donors (Lipinski definition) is 2. The highest BCUT2D eigenvalue weighted by Crippen LogP contribution is 2.25. The van der Waals surface area contributed by atoms with Crippen molar-refractivity contribution in [3.63, 3.8) is 0 Å². The van der Waals surface area contributed by atoms with Crippen molar-refractivity contribution in [3.8, 4) is 11.3 Å². The van der Waals surface area contributed by atoms with Crippen molar-refractivity contribution in [2.24, 2.45) is 0 Å². The number of pyridine rings is 1. The van der Waals surface area contributed by atoms with Gasteiger partial charge in [-0.2, -0.15) is 0 Å². The number of carbonyl (C=O) groups is 1. The number of aromatic nitrogens is 2. The molecule has 1 fully saturated rings. The third-order valence-electron chi connectivity index (χ3n) is 5.61. The standard InChI is InChI=1S/C24H24N4O2/c29-24-21-16-23(27-22(21)8-10-26-24)18-7-9-25-19(15-18)4-1-17-2-5-20(6-3-17)28-11-13-30-14-12-28/h1-7,9,15-16,27H,8,10-14H2,(H,26,29)/b4-1+. The lowest BCUT2D eigenvalue weighted by Crippen LogP contribution is -2.36. The fraction of sp³-hybridized carbons (Fsp3) is 0.250. The SMILES string of the molecule is O=C1NCCc2[nH]c(-c3ccnc(/C=C/c4ccc(N5CCOCC5)cc4)c3)cc21. The largest absolute Gasteiger partial charge is 0.378 e. The maximum Gasteiger partial charge on any atom is 0.253 e. The third kappa shape index (κ3) is 3.86. The predicted molar refractivity (Wildman–Crippen MR) is 118 cm³/mol. The molecule has 0 atom stereocenters. The lowest BCUT2D eigenvalue weighted by Gasteiger charge is -2.28. The Morgan fingerprint density at radius 2 is 1.87 bits per heavy atom. The maximum absolute atomic E-state index is 12.0. The number of amides is 1. The molecule has 2 aliphatic heterocycles. The molecule has 3 aromatic rings. The Balaban J connectivity index is 1.32. The second kappa shape index (κ2) is 8.16. The van der Waals surface area contributed by atoms with Crippen LogP contribution in [0.4, 0.5) is 5.69 Å². The summed E-state index contributed by atoms with van der Waals surface area (Å²) in [4.78, 5) is 22.2. The summed E-state index contributed by atoms with van der Waals surface area (Å²) in [6.45, 7) is 4.14. The van der Waals surface area contributed by atoms with Crippen molar-refractivity contribution in [2.75, 3.05) is 37.7 Å². The number of anilines is 1. The Kier molecular flexibility index (Phi) is 5.07. The number of nitrogens with one attached hydrogen (secondary N) is 2. The van der Waals surface area contributed by atoms with Gasteiger partial charge in [0.1, 0.15) is 0 Å². The van der Waals surface area contributed by atoms with Gasteiger partial charge in [0.05, 0.1) is 24.5 Å². The molecular formula is C24H24N4O2. The van der Waals surface area contributed by atoms with Crippen LogP contribution >= 0.6 is 0 Å². The van der Waals surface area contributed by atoms with Crippen LogP contribution < -0.4 is 10.2 Å². The van der Waals surface area contributed by atoms with Crippen LogP contribution in [0.2, 0.25) is 0 Å². The zero-order valence-electron chi connectivity index (χ0n) is 16.7. The summed E-state index contributed by atoms with van der Waals surface area (Å²) >= 11 is 0. The minimum atomic E-state index is -0.00606. The number of hydrogen-bond acceptors (Lipinski definition) is 4. The van der Waals surface area contributed by atoms with Gasteiger partial charge in [0.25, 0.3) is 5.91 Å². The van der Waals surface area contributed by atoms with Gasteiger partial charge in [-0.3, -0.25) is 9.78 Å². The smallest absolute Gasteiger partial charge is 0.253 e. The van der Waals surface area contributed by atoms with Crippen LogP contribution in [-0.4, -0.2) is 48.7 Å². The van der Waals surface area contributed by atoms with E-state index in [9.17, 15) is 4.79 Å². The van der Waals surface area contributed by atoms with E-state index in [2.05, 4.69) is 50.5 Å². The zero-order valence-corrected chi connectivity index (χ0v) is 16.7. The van der Waals surface area contributed by atoms with Crippen LogP contribution in [-0.2, 0) is 11.2 Å². The van der Waals surface area contributed by atoms with Gasteiger partial charge in [-0.05, 0) is 42.0 Å². The molecule has 0 saturated carbocycles. The van der Waals surface area contributed by atoms with Crippen molar-refractivity contribution in [1.29, 1.82) is 0 Å². The van der Waals surface area contributed by atoms with Crippen molar-refractivity contribution in [1.82, 2.24) is 15.3 Å². The number of aromatic amines is 1. The molecule has 30 heavy (non-hydrogen) atoms. The highest BCUT2D eigenvalue weighted by molar-refractivity contribution is 5.97. The number of fused-ring (bicyclic) bond motifs is 1. The molecule has 6 heteroatoms. The molecule has 1 amide bonds. The van der Waals surface area contributed by atoms with E-state index < -0.39 is 0 Å². The first kappa shape index (κ1) is 18.6. The summed E-state index contributed by atoms with van der Waals surface area (Å²) in [6, 6.07) is 14.5. The zero-order chi connectivity index (χ0) is 20.3. The first-order chi connectivity index (χ1) is 14.8. The molecule has 0 aliphatic carbocycles. The van der Waals surface area contributed by atoms with Gasteiger partial charge in [0.15, 0.2) is 0 Å². The number of carbonyl (C=O) groups excluding carboxylic acids is 1. The molecule has 152 valence electrons. The minimum absolute atomic E-state index is 0.00606. The maximum atomic E-state index is 12.0. The van der Waals surface area contributed by atoms with Gasteiger partial charge < -0.3 is 19.9 Å². The second-order valence-electron chi connectivity index (χ2n) is 7.57. The lowest BCUT2D eigenvalue weighted by atomic mass is 10.1. The summed E-state index contributed by atoms with van der Waals surface area (Å²) in [6.07, 6.45) is 6.72. The Hall–Kier alpha value is -3.38. The molecule has 2 N–H and O–H groups in total. The van der Waals surface area contributed by atoms with Crippen LogP contribution in [0.25, 0.3) is 23.4 Å². The summed E-state index contributed by atoms with van der Waals surface area (Å²) in [5, 5.41) is 2.89. The van der Waals surface area contributed by atoms with Gasteiger partial charge in [-0.15, -0.1) is 0 Å². The molecule has 2 aliphatic rings. The molecular weight excluding hydrogens is 376 g/mol. The monoisotopic (exact) mass is 400 g/mol. The summed E-state index contributed by atoms with van der Waals surface area (Å²) in [7, 11) is 0. The van der Waals surface area contributed by atoms with Crippen LogP contribution in [0.5, 0.6) is 0 Å². The highest BCUT2D eigenvalue weighted by atomic mass is 16.5. The highest BCUT2D eigenvalue weighted by Gasteiger charge is 2.19. The van der Waals surface area contributed by atoms with Gasteiger partial charge in [-0.25, -0.2) is 0 Å². The molecule has 5 rings (SSSR count). The second-order valence-corrected chi connectivity index (χ2v) is 7.57. The minimum Gasteiger partial charge on any atom is -0.378 e. The number of H-pyrrole nitrogens is 1. The average molecular weight is 400 g/mol. The third-order valence-corrected chi connectivity index (χ3v) is 5.61. The Labute approximate surface area is 175 Å². The molecule has 0 radical (unpaired) electrons. The van der Waals surface area contributed by atoms with E-state index in [0.29, 0.717) is 6.54 Å². The van der Waals surface area contributed by atoms with Crippen molar-refractivity contribution in [3.05, 3.63) is 71.2 Å². The number of rotatable bonds is 4. The van der Waals surface area contributed by atoms with E-state index in [1.165, 1.54) is 5.69 Å². The summed E-state index contributed by atoms with van der Waals surface area (Å²) in [5.41, 5.74) is 6.95. The lowest BCUT2D eigenvalue weighted by molar-refractivity contribution is 0.0946. The van der Waals surface area contributed by atoms with Crippen molar-refractivity contribution in [2.45, 2.75) is 6.42 Å². The topological polar surface area (TPSA) is 70.2 Å². The van der Waals surface area contributed by atoms with Crippen LogP contribution in [0, 0.1) is 0 Å². The average Bonchev–Trinajstić information content (AvgIpc) is 3.25. The Morgan fingerprint density at radius 1 is 1.03 bits per heavy atom. The van der Waals surface area contributed by atoms with Crippen molar-refractivity contribution >= 4 is 23.7 Å². The van der Waals surface area contributed by atoms with Gasteiger partial charge in [0.2, 0.25) is 0 Å². The van der Waals surface area contributed by atoms with E-state index in [1.54, 1.807) is 6.20 Å². The molecule has 0 unspecified atom stereocenters. The number of ether oxygens (including phenoxy) is 1. The Morgan fingerprint density at radius 3 is 2.67 bits per heavy atom. The van der Waals surface area contributed by atoms with Gasteiger partial charge in [0, 0.05) is 54.9 Å². The summed E-state index contributed by atoms with van der Waals surface area (Å²) < 4.78 is 5.42. The molecule has 1 aromatic carbocycles. The van der Waals surface area contributed by atoms with Gasteiger partial charge >= 0.3 is 0 Å². The molecule has 2 aromatic heterocycles. The van der Waals surface area contributed by atoms with Crippen LogP contribution in [0.15, 0.2) is 48.7 Å². The first-order valence-corrected chi connectivity index (χ1v) is 10.3. The Bertz CT molecular complexity index is 1080. The normalized spacial score (nSPS) is 16.5. The van der Waals surface area contributed by atoms with E-state index in [1.807, 2.05) is 24.3 Å². The fourth-order valence-corrected chi connectivity index (χ4v) is 3.96. The van der Waals surface area contributed by atoms with Crippen LogP contribution in [0.3, 0.4) is 0 Å². The number of benzene rings is 1. The summed E-state index contributed by atoms with van der Waals surface area (Å²) in [5.74, 6) is -0.00606. The van der Waals surface area contributed by atoms with E-state index >= 15 is 0 Å². The number of nitrogens with zero attached hydrogens (tertiary/aromatic N) is 2. The van der Waals surface area contributed by atoms with Crippen LogP contribution in [0.1, 0.15) is 27.3 Å². The molecule has 0 spiro atoms. The number of morpholine rings is 1. The molecule has 4 heterocycles. The van der Waals surface area contributed by atoms with E-state index in [-0.39, 0.29) is 5.91 Å². The van der Waals surface area contributed by atoms with Gasteiger partial charge in [-0.1, -0.05) is 18.2 Å². The molecule has 0 bridgehead atoms. The van der Waals surface area contributed by atoms with Crippen molar-refractivity contribution < 1.29 is 9.53 Å². The van der Waals surface area contributed by atoms with E-state index in [4.69, 9.17) is 4.74 Å². The first-order valence-electron chi connectivity index (χ1n) is 10.3. The molecule has 6 nitrogen and oxygen atoms in total. The fourth-order valence-electron chi connectivity index (χ4n) is 3.96.